The van der Waals surface area contributed by atoms with Crippen LogP contribution in [0.4, 0.5) is 0 Å². The van der Waals surface area contributed by atoms with Gasteiger partial charge in [0.15, 0.2) is 0 Å². The van der Waals surface area contributed by atoms with Crippen molar-refractivity contribution < 1.29 is 14.3 Å². The maximum Gasteiger partial charge on any atom is 0.239 e. The second-order valence-corrected chi connectivity index (χ2v) is 4.72. The molecule has 0 aromatic carbocycles. The zero-order chi connectivity index (χ0) is 13.9. The summed E-state index contributed by atoms with van der Waals surface area (Å²) in [6.45, 7) is 3.62. The van der Waals surface area contributed by atoms with Crippen molar-refractivity contribution in [3.63, 3.8) is 0 Å². The number of hydrogen-bond donors (Lipinski definition) is 2. The van der Waals surface area contributed by atoms with E-state index in [2.05, 4.69) is 10.6 Å². The molecule has 1 aliphatic heterocycles. The zero-order valence-corrected chi connectivity index (χ0v) is 13.0. The van der Waals surface area contributed by atoms with E-state index < -0.39 is 0 Å². The highest BCUT2D eigenvalue weighted by atomic mass is 35.5. The van der Waals surface area contributed by atoms with E-state index in [0.717, 1.165) is 25.8 Å². The number of methoxy groups -OCH3 is 1. The Labute approximate surface area is 127 Å². The smallest absolute Gasteiger partial charge is 0.239 e. The number of nitrogens with one attached hydrogen (secondary N) is 2. The summed E-state index contributed by atoms with van der Waals surface area (Å²) in [5, 5.41) is 5.96. The van der Waals surface area contributed by atoms with Crippen LogP contribution in [0.5, 0.6) is 0 Å². The standard InChI is InChI=1S/C13H25N3O3.ClH/c1-19-10-8-14-6-7-15-12(17)11-16-9-4-2-3-5-13(16)18;/h14H,2-11H2,1H3,(H,15,17);1H. The fourth-order valence-electron chi connectivity index (χ4n) is 2.02. The molecular weight excluding hydrogens is 282 g/mol. The quantitative estimate of drug-likeness (QED) is 0.627. The summed E-state index contributed by atoms with van der Waals surface area (Å²) in [7, 11) is 1.65. The van der Waals surface area contributed by atoms with Crippen molar-refractivity contribution in [3.05, 3.63) is 0 Å². The van der Waals surface area contributed by atoms with Gasteiger partial charge in [-0.05, 0) is 12.8 Å². The van der Waals surface area contributed by atoms with E-state index in [9.17, 15) is 9.59 Å². The van der Waals surface area contributed by atoms with Gasteiger partial charge in [0.05, 0.1) is 13.2 Å². The Morgan fingerprint density at radius 3 is 2.80 bits per heavy atom. The first-order valence-electron chi connectivity index (χ1n) is 6.98. The van der Waals surface area contributed by atoms with E-state index >= 15 is 0 Å². The van der Waals surface area contributed by atoms with E-state index in [1.54, 1.807) is 12.0 Å². The average Bonchev–Trinajstić information content (AvgIpc) is 2.59. The molecule has 2 N–H and O–H groups in total. The van der Waals surface area contributed by atoms with Crippen LogP contribution in [0.1, 0.15) is 25.7 Å². The Hall–Kier alpha value is -0.850. The van der Waals surface area contributed by atoms with Gasteiger partial charge in [0.25, 0.3) is 0 Å². The third kappa shape index (κ3) is 8.35. The second-order valence-electron chi connectivity index (χ2n) is 4.72. The van der Waals surface area contributed by atoms with Gasteiger partial charge < -0.3 is 20.3 Å². The molecule has 1 saturated heterocycles. The van der Waals surface area contributed by atoms with Gasteiger partial charge in [-0.25, -0.2) is 0 Å². The summed E-state index contributed by atoms with van der Waals surface area (Å²) >= 11 is 0. The molecule has 6 nitrogen and oxygen atoms in total. The molecule has 1 rings (SSSR count). The van der Waals surface area contributed by atoms with E-state index in [1.807, 2.05) is 0 Å². The SMILES string of the molecule is COCCNCCNC(=O)CN1CCCCCC1=O.Cl. The minimum Gasteiger partial charge on any atom is -0.383 e. The zero-order valence-electron chi connectivity index (χ0n) is 12.2. The molecule has 0 atom stereocenters. The third-order valence-corrected chi connectivity index (χ3v) is 3.11. The van der Waals surface area contributed by atoms with Crippen molar-refractivity contribution in [2.45, 2.75) is 25.7 Å². The molecule has 0 aliphatic carbocycles. The van der Waals surface area contributed by atoms with Crippen LogP contribution in [0.25, 0.3) is 0 Å². The van der Waals surface area contributed by atoms with Gasteiger partial charge >= 0.3 is 0 Å². The average molecular weight is 308 g/mol. The lowest BCUT2D eigenvalue weighted by Crippen LogP contribution is -2.42. The highest BCUT2D eigenvalue weighted by Gasteiger charge is 2.18. The van der Waals surface area contributed by atoms with Crippen molar-refractivity contribution in [2.75, 3.05) is 46.4 Å². The van der Waals surface area contributed by atoms with Crippen molar-refractivity contribution in [1.82, 2.24) is 15.5 Å². The van der Waals surface area contributed by atoms with Gasteiger partial charge in [-0.15, -0.1) is 12.4 Å². The Balaban J connectivity index is 0.00000361. The first-order chi connectivity index (χ1) is 9.24. The lowest BCUT2D eigenvalue weighted by Gasteiger charge is -2.19. The Morgan fingerprint density at radius 2 is 2.05 bits per heavy atom. The van der Waals surface area contributed by atoms with Crippen molar-refractivity contribution >= 4 is 24.2 Å². The number of likely N-dealkylation sites (tertiary alicyclic amines) is 1. The predicted octanol–water partition coefficient (Wildman–Crippen LogP) is 0.163. The van der Waals surface area contributed by atoms with Gasteiger partial charge in [0, 0.05) is 39.7 Å². The molecule has 1 heterocycles. The molecule has 2 amide bonds. The molecule has 0 aromatic heterocycles. The normalized spacial score (nSPS) is 15.4. The van der Waals surface area contributed by atoms with Crippen LogP contribution >= 0.6 is 12.4 Å². The Morgan fingerprint density at radius 1 is 1.25 bits per heavy atom. The highest BCUT2D eigenvalue weighted by molar-refractivity contribution is 5.85. The number of amides is 2. The summed E-state index contributed by atoms with van der Waals surface area (Å²) in [6, 6.07) is 0. The molecule has 0 saturated carbocycles. The van der Waals surface area contributed by atoms with Crippen molar-refractivity contribution in [1.29, 1.82) is 0 Å². The summed E-state index contributed by atoms with van der Waals surface area (Å²) in [5.74, 6) is 0.0228. The number of halogens is 1. The fourth-order valence-corrected chi connectivity index (χ4v) is 2.02. The lowest BCUT2D eigenvalue weighted by molar-refractivity contribution is -0.135. The number of rotatable bonds is 8. The number of hydrogen-bond acceptors (Lipinski definition) is 4. The van der Waals surface area contributed by atoms with E-state index in [0.29, 0.717) is 32.7 Å². The molecule has 0 aromatic rings. The molecule has 0 bridgehead atoms. The number of carbonyl (C=O) groups is 2. The van der Waals surface area contributed by atoms with Crippen LogP contribution in [0.15, 0.2) is 0 Å². The van der Waals surface area contributed by atoms with Crippen LogP contribution in [0, 0.1) is 0 Å². The molecule has 20 heavy (non-hydrogen) atoms. The third-order valence-electron chi connectivity index (χ3n) is 3.11. The number of carbonyl (C=O) groups excluding carboxylic acids is 2. The van der Waals surface area contributed by atoms with Crippen molar-refractivity contribution in [2.24, 2.45) is 0 Å². The van der Waals surface area contributed by atoms with E-state index in [4.69, 9.17) is 4.74 Å². The number of ether oxygens (including phenoxy) is 1. The first-order valence-corrected chi connectivity index (χ1v) is 6.98. The molecule has 0 radical (unpaired) electrons. The summed E-state index contributed by atoms with van der Waals surface area (Å²) in [4.78, 5) is 25.1. The monoisotopic (exact) mass is 307 g/mol. The molecule has 1 aliphatic rings. The molecule has 118 valence electrons. The molecule has 0 spiro atoms. The van der Waals surface area contributed by atoms with Gasteiger partial charge in [0.2, 0.25) is 11.8 Å². The molecule has 1 fully saturated rings. The van der Waals surface area contributed by atoms with Crippen LogP contribution in [-0.4, -0.2) is 63.2 Å². The molecule has 7 heteroatoms. The summed E-state index contributed by atoms with van der Waals surface area (Å²) < 4.78 is 4.90. The summed E-state index contributed by atoms with van der Waals surface area (Å²) in [6.07, 6.45) is 3.59. The molecular formula is C13H26ClN3O3. The van der Waals surface area contributed by atoms with Crippen LogP contribution in [0.2, 0.25) is 0 Å². The Bertz CT molecular complexity index is 290. The topological polar surface area (TPSA) is 70.7 Å². The van der Waals surface area contributed by atoms with Crippen LogP contribution in [0.3, 0.4) is 0 Å². The van der Waals surface area contributed by atoms with E-state index in [-0.39, 0.29) is 30.8 Å². The maximum absolute atomic E-state index is 11.7. The second kappa shape index (κ2) is 11.9. The van der Waals surface area contributed by atoms with Crippen LogP contribution < -0.4 is 10.6 Å². The lowest BCUT2D eigenvalue weighted by atomic mass is 10.2. The maximum atomic E-state index is 11.7. The summed E-state index contributed by atoms with van der Waals surface area (Å²) in [5.41, 5.74) is 0. The van der Waals surface area contributed by atoms with Crippen molar-refractivity contribution in [3.8, 4) is 0 Å². The van der Waals surface area contributed by atoms with Crippen LogP contribution in [-0.2, 0) is 14.3 Å². The highest BCUT2D eigenvalue weighted by Crippen LogP contribution is 2.10. The fraction of sp³-hybridized carbons (Fsp3) is 0.846. The number of nitrogens with zero attached hydrogens (tertiary/aromatic N) is 1. The largest absolute Gasteiger partial charge is 0.383 e. The van der Waals surface area contributed by atoms with Gasteiger partial charge in [-0.3, -0.25) is 9.59 Å². The Kier molecular flexibility index (Phi) is 11.4. The first kappa shape index (κ1) is 19.1. The predicted molar refractivity (Wildman–Crippen MR) is 80.1 cm³/mol. The van der Waals surface area contributed by atoms with E-state index in [1.165, 1.54) is 0 Å². The molecule has 0 unspecified atom stereocenters. The van der Waals surface area contributed by atoms with Gasteiger partial charge in [-0.2, -0.15) is 0 Å². The minimum atomic E-state index is -0.0798. The minimum absolute atomic E-state index is 0. The van der Waals surface area contributed by atoms with Gasteiger partial charge in [0.1, 0.15) is 0 Å². The van der Waals surface area contributed by atoms with Gasteiger partial charge in [-0.1, -0.05) is 6.42 Å².